The number of aromatic nitrogens is 3. The van der Waals surface area contributed by atoms with Crippen LogP contribution in [0.5, 0.6) is 5.75 Å². The van der Waals surface area contributed by atoms with E-state index >= 15 is 0 Å². The first-order valence-corrected chi connectivity index (χ1v) is 7.47. The summed E-state index contributed by atoms with van der Waals surface area (Å²) in [5, 5.41) is 2.03. The highest BCUT2D eigenvalue weighted by molar-refractivity contribution is 5.90. The van der Waals surface area contributed by atoms with Gasteiger partial charge in [0.05, 0.1) is 18.0 Å². The maximum Gasteiger partial charge on any atom is 0.231 e. The lowest BCUT2D eigenvalue weighted by molar-refractivity contribution is 0.415. The highest BCUT2D eigenvalue weighted by Crippen LogP contribution is 2.30. The number of fused-ring (bicyclic) bond motifs is 2. The summed E-state index contributed by atoms with van der Waals surface area (Å²) in [6.07, 6.45) is 2.03. The minimum absolute atomic E-state index is 0.623. The number of aryl methyl sites for hydroxylation is 3. The van der Waals surface area contributed by atoms with Crippen LogP contribution in [-0.4, -0.2) is 21.6 Å². The molecule has 0 N–H and O–H groups in total. The lowest BCUT2D eigenvalue weighted by Gasteiger charge is -2.09. The normalized spacial score (nSPS) is 11.5. The molecule has 0 unspecified atom stereocenters. The summed E-state index contributed by atoms with van der Waals surface area (Å²) < 4.78 is 13.1. The SMILES string of the molecule is COc1cc(C)c2c(ccn2-c2nc(C)nc3oc(C)cc23)c1. The number of methoxy groups -OCH3 is 1. The molecule has 0 radical (unpaired) electrons. The van der Waals surface area contributed by atoms with E-state index in [1.807, 2.05) is 38.2 Å². The van der Waals surface area contributed by atoms with Gasteiger partial charge in [-0.25, -0.2) is 4.98 Å². The number of ether oxygens (including phenoxy) is 1. The third-order valence-corrected chi connectivity index (χ3v) is 4.02. The monoisotopic (exact) mass is 307 g/mol. The zero-order chi connectivity index (χ0) is 16.1. The first-order valence-electron chi connectivity index (χ1n) is 7.47. The van der Waals surface area contributed by atoms with Crippen molar-refractivity contribution in [1.82, 2.24) is 14.5 Å². The maximum atomic E-state index is 5.68. The molecule has 4 aromatic rings. The Kier molecular flexibility index (Phi) is 2.91. The maximum absolute atomic E-state index is 5.68. The third-order valence-electron chi connectivity index (χ3n) is 4.02. The van der Waals surface area contributed by atoms with Crippen LogP contribution in [0.25, 0.3) is 27.8 Å². The van der Waals surface area contributed by atoms with Gasteiger partial charge in [0.15, 0.2) is 5.82 Å². The second-order valence-corrected chi connectivity index (χ2v) is 5.74. The van der Waals surface area contributed by atoms with Gasteiger partial charge in [0.1, 0.15) is 17.3 Å². The Morgan fingerprint density at radius 3 is 2.70 bits per heavy atom. The molecular weight excluding hydrogens is 290 g/mol. The van der Waals surface area contributed by atoms with Crippen LogP contribution in [0, 0.1) is 20.8 Å². The second kappa shape index (κ2) is 4.84. The van der Waals surface area contributed by atoms with Crippen LogP contribution >= 0.6 is 0 Å². The van der Waals surface area contributed by atoms with E-state index < -0.39 is 0 Å². The Bertz CT molecular complexity index is 1040. The minimum atomic E-state index is 0.623. The lowest BCUT2D eigenvalue weighted by atomic mass is 10.1. The number of nitrogens with zero attached hydrogens (tertiary/aromatic N) is 3. The smallest absolute Gasteiger partial charge is 0.231 e. The van der Waals surface area contributed by atoms with Crippen LogP contribution in [-0.2, 0) is 0 Å². The van der Waals surface area contributed by atoms with Crippen molar-refractivity contribution in [3.63, 3.8) is 0 Å². The van der Waals surface area contributed by atoms with E-state index in [1.54, 1.807) is 7.11 Å². The molecule has 5 nitrogen and oxygen atoms in total. The van der Waals surface area contributed by atoms with Gasteiger partial charge in [-0.05, 0) is 50.6 Å². The zero-order valence-electron chi connectivity index (χ0n) is 13.5. The molecule has 116 valence electrons. The van der Waals surface area contributed by atoms with Gasteiger partial charge in [0, 0.05) is 11.6 Å². The Hall–Kier alpha value is -2.82. The average molecular weight is 307 g/mol. The zero-order valence-corrected chi connectivity index (χ0v) is 13.5. The van der Waals surface area contributed by atoms with Crippen molar-refractivity contribution in [2.75, 3.05) is 7.11 Å². The summed E-state index contributed by atoms with van der Waals surface area (Å²) in [6.45, 7) is 5.88. The summed E-state index contributed by atoms with van der Waals surface area (Å²) in [5.74, 6) is 3.22. The topological polar surface area (TPSA) is 53.1 Å². The van der Waals surface area contributed by atoms with Crippen LogP contribution in [0.3, 0.4) is 0 Å². The molecule has 0 aliphatic carbocycles. The molecule has 0 saturated carbocycles. The number of furan rings is 1. The standard InChI is InChI=1S/C18H17N3O2/c1-10-7-14(22-4)9-13-5-6-21(16(10)13)17-15-8-11(2)23-18(15)20-12(3)19-17/h5-9H,1-4H3. The van der Waals surface area contributed by atoms with E-state index in [0.29, 0.717) is 11.5 Å². The van der Waals surface area contributed by atoms with Crippen LogP contribution in [0.15, 0.2) is 34.9 Å². The first-order chi connectivity index (χ1) is 11.1. The molecular formula is C18H17N3O2. The first kappa shape index (κ1) is 13.8. The molecule has 5 heteroatoms. The van der Waals surface area contributed by atoms with Gasteiger partial charge in [0.25, 0.3) is 0 Å². The van der Waals surface area contributed by atoms with E-state index in [2.05, 4.69) is 27.5 Å². The number of rotatable bonds is 2. The number of benzene rings is 1. The van der Waals surface area contributed by atoms with Crippen LogP contribution in [0.1, 0.15) is 17.1 Å². The molecule has 0 amide bonds. The van der Waals surface area contributed by atoms with Gasteiger partial charge in [0.2, 0.25) is 5.71 Å². The van der Waals surface area contributed by atoms with Crippen LogP contribution in [0.2, 0.25) is 0 Å². The fourth-order valence-electron chi connectivity index (χ4n) is 3.07. The Morgan fingerprint density at radius 1 is 1.09 bits per heavy atom. The van der Waals surface area contributed by atoms with Crippen molar-refractivity contribution < 1.29 is 9.15 Å². The molecule has 4 rings (SSSR count). The summed E-state index contributed by atoms with van der Waals surface area (Å²) in [5.41, 5.74) is 2.87. The molecule has 3 heterocycles. The van der Waals surface area contributed by atoms with Gasteiger partial charge in [-0.3, -0.25) is 0 Å². The fourth-order valence-corrected chi connectivity index (χ4v) is 3.07. The van der Waals surface area contributed by atoms with Gasteiger partial charge in [-0.1, -0.05) is 0 Å². The predicted octanol–water partition coefficient (Wildman–Crippen LogP) is 4.10. The highest BCUT2D eigenvalue weighted by Gasteiger charge is 2.15. The molecule has 0 aliphatic rings. The van der Waals surface area contributed by atoms with Crippen molar-refractivity contribution in [3.8, 4) is 11.6 Å². The Morgan fingerprint density at radius 2 is 1.91 bits per heavy atom. The van der Waals surface area contributed by atoms with Crippen molar-refractivity contribution >= 4 is 22.0 Å². The molecule has 0 atom stereocenters. The van der Waals surface area contributed by atoms with Gasteiger partial charge in [-0.15, -0.1) is 0 Å². The highest BCUT2D eigenvalue weighted by atomic mass is 16.5. The van der Waals surface area contributed by atoms with Gasteiger partial charge in [-0.2, -0.15) is 4.98 Å². The number of hydrogen-bond acceptors (Lipinski definition) is 4. The Labute approximate surface area is 133 Å². The molecule has 23 heavy (non-hydrogen) atoms. The molecule has 0 spiro atoms. The second-order valence-electron chi connectivity index (χ2n) is 5.74. The Balaban J connectivity index is 2.07. The molecule has 3 aromatic heterocycles. The summed E-state index contributed by atoms with van der Waals surface area (Å²) in [7, 11) is 1.68. The van der Waals surface area contributed by atoms with E-state index in [9.17, 15) is 0 Å². The van der Waals surface area contributed by atoms with E-state index in [4.69, 9.17) is 9.15 Å². The van der Waals surface area contributed by atoms with Gasteiger partial charge < -0.3 is 13.7 Å². The molecule has 1 aromatic carbocycles. The molecule has 0 fully saturated rings. The van der Waals surface area contributed by atoms with Crippen LogP contribution in [0.4, 0.5) is 0 Å². The largest absolute Gasteiger partial charge is 0.497 e. The van der Waals surface area contributed by atoms with Crippen molar-refractivity contribution in [3.05, 3.63) is 47.6 Å². The van der Waals surface area contributed by atoms with Crippen LogP contribution < -0.4 is 4.74 Å². The van der Waals surface area contributed by atoms with Crippen molar-refractivity contribution in [2.45, 2.75) is 20.8 Å². The van der Waals surface area contributed by atoms with E-state index in [1.165, 1.54) is 0 Å². The average Bonchev–Trinajstić information content (AvgIpc) is 3.09. The quantitative estimate of drug-likeness (QED) is 0.559. The predicted molar refractivity (Wildman–Crippen MR) is 89.4 cm³/mol. The van der Waals surface area contributed by atoms with Crippen molar-refractivity contribution in [2.24, 2.45) is 0 Å². The lowest BCUT2D eigenvalue weighted by Crippen LogP contribution is -2.01. The van der Waals surface area contributed by atoms with E-state index in [0.717, 1.165) is 39.2 Å². The van der Waals surface area contributed by atoms with Crippen molar-refractivity contribution in [1.29, 1.82) is 0 Å². The summed E-state index contributed by atoms with van der Waals surface area (Å²) >= 11 is 0. The van der Waals surface area contributed by atoms with E-state index in [-0.39, 0.29) is 0 Å². The minimum Gasteiger partial charge on any atom is -0.497 e. The number of hydrogen-bond donors (Lipinski definition) is 0. The molecule has 0 bridgehead atoms. The third kappa shape index (κ3) is 2.08. The molecule has 0 aliphatic heterocycles. The summed E-state index contributed by atoms with van der Waals surface area (Å²) in [6, 6.07) is 8.12. The molecule has 0 saturated heterocycles. The summed E-state index contributed by atoms with van der Waals surface area (Å²) in [4.78, 5) is 9.04. The fraction of sp³-hybridized carbons (Fsp3) is 0.222. The van der Waals surface area contributed by atoms with Gasteiger partial charge >= 0.3 is 0 Å².